The number of ether oxygens (including phenoxy) is 1. The molecule has 3 aromatic rings. The smallest absolute Gasteiger partial charge is 0.383 e. The molecule has 0 aliphatic carbocycles. The van der Waals surface area contributed by atoms with Crippen molar-refractivity contribution in [2.24, 2.45) is 7.05 Å². The second-order valence-corrected chi connectivity index (χ2v) is 5.72. The molecule has 10 heteroatoms. The summed E-state index contributed by atoms with van der Waals surface area (Å²) in [6, 6.07) is 7.02. The Labute approximate surface area is 147 Å². The van der Waals surface area contributed by atoms with Crippen molar-refractivity contribution in [1.29, 1.82) is 0 Å². The molecule has 0 bridgehead atoms. The number of nitrogen functional groups attached to an aromatic ring is 1. The minimum absolute atomic E-state index is 0.0932. The van der Waals surface area contributed by atoms with E-state index in [1.54, 1.807) is 42.2 Å². The molecule has 0 fully saturated rings. The maximum absolute atomic E-state index is 12.1. The first-order valence-electron chi connectivity index (χ1n) is 7.73. The van der Waals surface area contributed by atoms with Crippen molar-refractivity contribution in [2.75, 3.05) is 17.7 Å². The van der Waals surface area contributed by atoms with E-state index < -0.39 is 12.8 Å². The van der Waals surface area contributed by atoms with Crippen molar-refractivity contribution in [3.63, 3.8) is 0 Å². The number of anilines is 2. The molecule has 0 aliphatic heterocycles. The standard InChI is InChI=1S/C16H17F3N6O/c1-25-14-12(7-22-25)13(20)23-15(24-14)21-6-10-2-4-11(5-3-10)8-26-9-16(17,18)19/h2-5,7H,6,8-9H2,1H3,(H3,20,21,23,24). The first-order valence-corrected chi connectivity index (χ1v) is 7.73. The third kappa shape index (κ3) is 4.39. The van der Waals surface area contributed by atoms with Gasteiger partial charge in [-0.2, -0.15) is 28.2 Å². The van der Waals surface area contributed by atoms with Gasteiger partial charge in [-0.25, -0.2) is 0 Å². The monoisotopic (exact) mass is 366 g/mol. The summed E-state index contributed by atoms with van der Waals surface area (Å²) in [6.07, 6.45) is -2.71. The van der Waals surface area contributed by atoms with Crippen molar-refractivity contribution in [1.82, 2.24) is 19.7 Å². The Morgan fingerprint density at radius 2 is 1.85 bits per heavy atom. The first kappa shape index (κ1) is 17.9. The number of aryl methyl sites for hydroxylation is 1. The minimum atomic E-state index is -4.32. The van der Waals surface area contributed by atoms with E-state index in [1.165, 1.54) is 0 Å². The van der Waals surface area contributed by atoms with Crippen LogP contribution < -0.4 is 11.1 Å². The maximum Gasteiger partial charge on any atom is 0.411 e. The lowest BCUT2D eigenvalue weighted by Crippen LogP contribution is -2.16. The van der Waals surface area contributed by atoms with Crippen LogP contribution in [0.25, 0.3) is 11.0 Å². The summed E-state index contributed by atoms with van der Waals surface area (Å²) in [4.78, 5) is 8.55. The molecular weight excluding hydrogens is 349 g/mol. The van der Waals surface area contributed by atoms with Crippen molar-refractivity contribution in [2.45, 2.75) is 19.3 Å². The van der Waals surface area contributed by atoms with E-state index in [0.717, 1.165) is 5.56 Å². The lowest BCUT2D eigenvalue weighted by molar-refractivity contribution is -0.176. The average Bonchev–Trinajstić information content (AvgIpc) is 2.95. The second-order valence-electron chi connectivity index (χ2n) is 5.72. The predicted octanol–water partition coefficient (Wildman–Crippen LogP) is 2.64. The first-order chi connectivity index (χ1) is 12.3. The number of halogens is 3. The Kier molecular flexibility index (Phi) is 4.94. The van der Waals surface area contributed by atoms with Crippen LogP contribution in [0.1, 0.15) is 11.1 Å². The zero-order chi connectivity index (χ0) is 18.7. The normalized spacial score (nSPS) is 11.8. The third-order valence-electron chi connectivity index (χ3n) is 3.63. The highest BCUT2D eigenvalue weighted by molar-refractivity contribution is 5.86. The molecule has 3 rings (SSSR count). The summed E-state index contributed by atoms with van der Waals surface area (Å²) in [6.45, 7) is -0.915. The quantitative estimate of drug-likeness (QED) is 0.697. The third-order valence-corrected chi connectivity index (χ3v) is 3.63. The molecular formula is C16H17F3N6O. The lowest BCUT2D eigenvalue weighted by Gasteiger charge is -2.09. The van der Waals surface area contributed by atoms with Crippen molar-refractivity contribution < 1.29 is 17.9 Å². The zero-order valence-corrected chi connectivity index (χ0v) is 13.9. The maximum atomic E-state index is 12.1. The van der Waals surface area contributed by atoms with E-state index in [1.807, 2.05) is 0 Å². The largest absolute Gasteiger partial charge is 0.411 e. The fourth-order valence-corrected chi connectivity index (χ4v) is 2.34. The Hall–Kier alpha value is -2.88. The molecule has 0 atom stereocenters. The summed E-state index contributed by atoms with van der Waals surface area (Å²) in [5.41, 5.74) is 8.10. The van der Waals surface area contributed by atoms with Gasteiger partial charge in [0, 0.05) is 13.6 Å². The fraction of sp³-hybridized carbons (Fsp3) is 0.312. The van der Waals surface area contributed by atoms with Crippen LogP contribution in [0.3, 0.4) is 0 Å². The molecule has 2 aromatic heterocycles. The number of hydrogen-bond acceptors (Lipinski definition) is 6. The fourth-order valence-electron chi connectivity index (χ4n) is 2.34. The zero-order valence-electron chi connectivity index (χ0n) is 13.9. The molecule has 0 radical (unpaired) electrons. The highest BCUT2D eigenvalue weighted by atomic mass is 19.4. The van der Waals surface area contributed by atoms with Crippen LogP contribution in [0.5, 0.6) is 0 Å². The SMILES string of the molecule is Cn1ncc2c(N)nc(NCc3ccc(COCC(F)(F)F)cc3)nc21. The Morgan fingerprint density at radius 1 is 1.15 bits per heavy atom. The van der Waals surface area contributed by atoms with Crippen molar-refractivity contribution in [3.05, 3.63) is 41.6 Å². The highest BCUT2D eigenvalue weighted by Gasteiger charge is 2.27. The van der Waals surface area contributed by atoms with Crippen molar-refractivity contribution in [3.8, 4) is 0 Å². The molecule has 0 saturated carbocycles. The number of nitrogens with zero attached hydrogens (tertiary/aromatic N) is 4. The second kappa shape index (κ2) is 7.16. The van der Waals surface area contributed by atoms with Gasteiger partial charge in [0.25, 0.3) is 0 Å². The molecule has 2 heterocycles. The Bertz CT molecular complexity index is 891. The molecule has 1 aromatic carbocycles. The summed E-state index contributed by atoms with van der Waals surface area (Å²) in [7, 11) is 1.76. The number of nitrogens with one attached hydrogen (secondary N) is 1. The summed E-state index contributed by atoms with van der Waals surface area (Å²) >= 11 is 0. The molecule has 26 heavy (non-hydrogen) atoms. The number of nitrogens with two attached hydrogens (primary N) is 1. The van der Waals surface area contributed by atoms with E-state index in [4.69, 9.17) is 5.73 Å². The van der Waals surface area contributed by atoms with Gasteiger partial charge >= 0.3 is 6.18 Å². The molecule has 0 saturated heterocycles. The van der Waals surface area contributed by atoms with Crippen LogP contribution in [0.4, 0.5) is 24.9 Å². The van der Waals surface area contributed by atoms with Crippen LogP contribution in [-0.4, -0.2) is 32.5 Å². The van der Waals surface area contributed by atoms with Crippen molar-refractivity contribution >= 4 is 22.8 Å². The van der Waals surface area contributed by atoms with E-state index in [0.29, 0.717) is 34.9 Å². The van der Waals surface area contributed by atoms with Crippen LogP contribution in [0.2, 0.25) is 0 Å². The number of rotatable bonds is 6. The molecule has 0 spiro atoms. The van der Waals surface area contributed by atoms with Gasteiger partial charge in [-0.1, -0.05) is 24.3 Å². The molecule has 0 amide bonds. The summed E-state index contributed by atoms with van der Waals surface area (Å²) in [5, 5.41) is 7.84. The number of aromatic nitrogens is 4. The van der Waals surface area contributed by atoms with Gasteiger partial charge < -0.3 is 15.8 Å². The number of fused-ring (bicyclic) bond motifs is 1. The highest BCUT2D eigenvalue weighted by Crippen LogP contribution is 2.19. The van der Waals surface area contributed by atoms with Gasteiger partial charge in [-0.05, 0) is 11.1 Å². The Balaban J connectivity index is 1.59. The van der Waals surface area contributed by atoms with Crippen LogP contribution in [0, 0.1) is 0 Å². The average molecular weight is 366 g/mol. The molecule has 0 unspecified atom stereocenters. The number of hydrogen-bond donors (Lipinski definition) is 2. The molecule has 7 nitrogen and oxygen atoms in total. The molecule has 138 valence electrons. The van der Waals surface area contributed by atoms with Gasteiger partial charge in [-0.15, -0.1) is 0 Å². The predicted molar refractivity (Wildman–Crippen MR) is 90.2 cm³/mol. The van der Waals surface area contributed by atoms with Crippen LogP contribution in [-0.2, 0) is 24.9 Å². The van der Waals surface area contributed by atoms with Gasteiger partial charge in [0.05, 0.1) is 18.2 Å². The number of alkyl halides is 3. The molecule has 0 aliphatic rings. The lowest BCUT2D eigenvalue weighted by atomic mass is 10.1. The van der Waals surface area contributed by atoms with E-state index in [2.05, 4.69) is 25.1 Å². The molecule has 3 N–H and O–H groups in total. The summed E-state index contributed by atoms with van der Waals surface area (Å²) < 4.78 is 42.4. The van der Waals surface area contributed by atoms with Gasteiger partial charge in [0.1, 0.15) is 12.4 Å². The minimum Gasteiger partial charge on any atom is -0.383 e. The van der Waals surface area contributed by atoms with Gasteiger partial charge in [-0.3, -0.25) is 4.68 Å². The summed E-state index contributed by atoms with van der Waals surface area (Å²) in [5.74, 6) is 0.707. The topological polar surface area (TPSA) is 90.9 Å². The van der Waals surface area contributed by atoms with Gasteiger partial charge in [0.15, 0.2) is 5.65 Å². The van der Waals surface area contributed by atoms with E-state index >= 15 is 0 Å². The number of benzene rings is 1. The van der Waals surface area contributed by atoms with E-state index in [-0.39, 0.29) is 6.61 Å². The van der Waals surface area contributed by atoms with Crippen LogP contribution in [0.15, 0.2) is 30.5 Å². The van der Waals surface area contributed by atoms with Crippen LogP contribution >= 0.6 is 0 Å². The van der Waals surface area contributed by atoms with E-state index in [9.17, 15) is 13.2 Å². The Morgan fingerprint density at radius 3 is 2.54 bits per heavy atom. The van der Waals surface area contributed by atoms with Gasteiger partial charge in [0.2, 0.25) is 5.95 Å².